The van der Waals surface area contributed by atoms with Crippen molar-refractivity contribution in [2.75, 3.05) is 26.7 Å². The zero-order chi connectivity index (χ0) is 18.2. The van der Waals surface area contributed by atoms with E-state index in [1.165, 1.54) is 11.1 Å². The predicted octanol–water partition coefficient (Wildman–Crippen LogP) is 2.55. The Hall–Kier alpha value is -2.04. The van der Waals surface area contributed by atoms with E-state index in [0.717, 1.165) is 19.0 Å². The third kappa shape index (κ3) is 5.87. The van der Waals surface area contributed by atoms with E-state index in [0.29, 0.717) is 13.1 Å². The van der Waals surface area contributed by atoms with Crippen molar-refractivity contribution >= 4 is 11.9 Å². The molecule has 0 aliphatic rings. The van der Waals surface area contributed by atoms with E-state index in [9.17, 15) is 4.79 Å². The molecule has 0 aliphatic heterocycles. The highest BCUT2D eigenvalue weighted by Crippen LogP contribution is 2.16. The number of amides is 1. The molecule has 0 radical (unpaired) electrons. The summed E-state index contributed by atoms with van der Waals surface area (Å²) in [6, 6.07) is 8.35. The molecule has 0 spiro atoms. The Labute approximate surface area is 146 Å². The van der Waals surface area contributed by atoms with E-state index in [4.69, 9.17) is 0 Å². The molecule has 0 fully saturated rings. The summed E-state index contributed by atoms with van der Waals surface area (Å²) in [6.45, 7) is 12.6. The second-order valence-corrected chi connectivity index (χ2v) is 6.70. The summed E-state index contributed by atoms with van der Waals surface area (Å²) in [5, 5.41) is 6.19. The number of rotatable bonds is 7. The SMILES string of the molecule is CCNC(=O)C(C)(C)CN=C(NCC)N(C)Cc1ccccc1C. The number of aliphatic imine (C=N–C) groups is 1. The maximum atomic E-state index is 12.1. The minimum absolute atomic E-state index is 0.0335. The first-order valence-electron chi connectivity index (χ1n) is 8.64. The number of carbonyl (C=O) groups is 1. The van der Waals surface area contributed by atoms with E-state index < -0.39 is 5.41 Å². The van der Waals surface area contributed by atoms with Gasteiger partial charge in [-0.1, -0.05) is 24.3 Å². The molecule has 0 aliphatic carbocycles. The first kappa shape index (κ1) is 20.0. The highest BCUT2D eigenvalue weighted by molar-refractivity contribution is 5.83. The highest BCUT2D eigenvalue weighted by atomic mass is 16.2. The first-order chi connectivity index (χ1) is 11.3. The van der Waals surface area contributed by atoms with Crippen molar-refractivity contribution in [1.82, 2.24) is 15.5 Å². The molecule has 0 atom stereocenters. The first-order valence-corrected chi connectivity index (χ1v) is 8.64. The molecule has 0 bridgehead atoms. The molecule has 1 rings (SSSR count). The van der Waals surface area contributed by atoms with Crippen LogP contribution in [0.1, 0.15) is 38.8 Å². The minimum Gasteiger partial charge on any atom is -0.357 e. The van der Waals surface area contributed by atoms with Crippen molar-refractivity contribution in [3.63, 3.8) is 0 Å². The second kappa shape index (κ2) is 9.30. The number of guanidine groups is 1. The van der Waals surface area contributed by atoms with Gasteiger partial charge in [0, 0.05) is 26.7 Å². The zero-order valence-corrected chi connectivity index (χ0v) is 15.9. The summed E-state index contributed by atoms with van der Waals surface area (Å²) in [5.74, 6) is 0.851. The lowest BCUT2D eigenvalue weighted by Crippen LogP contribution is -2.42. The second-order valence-electron chi connectivity index (χ2n) is 6.70. The molecule has 134 valence electrons. The number of hydrogen-bond acceptors (Lipinski definition) is 2. The van der Waals surface area contributed by atoms with Crippen LogP contribution in [0.4, 0.5) is 0 Å². The summed E-state index contributed by atoms with van der Waals surface area (Å²) in [5.41, 5.74) is 2.01. The van der Waals surface area contributed by atoms with Gasteiger partial charge in [-0.2, -0.15) is 0 Å². The Kier molecular flexibility index (Phi) is 7.75. The third-order valence-corrected chi connectivity index (χ3v) is 3.94. The molecular formula is C19H32N4O. The number of hydrogen-bond donors (Lipinski definition) is 2. The van der Waals surface area contributed by atoms with E-state index in [-0.39, 0.29) is 5.91 Å². The van der Waals surface area contributed by atoms with Gasteiger partial charge in [-0.25, -0.2) is 0 Å². The van der Waals surface area contributed by atoms with Crippen molar-refractivity contribution in [2.45, 2.75) is 41.2 Å². The molecule has 0 unspecified atom stereocenters. The predicted molar refractivity (Wildman–Crippen MR) is 101 cm³/mol. The van der Waals surface area contributed by atoms with Crippen LogP contribution in [-0.4, -0.2) is 43.4 Å². The van der Waals surface area contributed by atoms with Gasteiger partial charge in [-0.05, 0) is 45.7 Å². The summed E-state index contributed by atoms with van der Waals surface area (Å²) >= 11 is 0. The van der Waals surface area contributed by atoms with Gasteiger partial charge in [0.1, 0.15) is 0 Å². The van der Waals surface area contributed by atoms with E-state index in [1.54, 1.807) is 0 Å². The van der Waals surface area contributed by atoms with Gasteiger partial charge in [0.05, 0.1) is 12.0 Å². The number of aryl methyl sites for hydroxylation is 1. The molecule has 1 aromatic rings. The van der Waals surface area contributed by atoms with Gasteiger partial charge in [0.25, 0.3) is 0 Å². The lowest BCUT2D eigenvalue weighted by molar-refractivity contribution is -0.128. The van der Waals surface area contributed by atoms with Crippen molar-refractivity contribution in [2.24, 2.45) is 10.4 Å². The summed E-state index contributed by atoms with van der Waals surface area (Å²) < 4.78 is 0. The standard InChI is InChI=1S/C19H32N4O/c1-7-20-17(24)19(4,5)14-22-18(21-8-2)23(6)13-16-12-10-9-11-15(16)3/h9-12H,7-8,13-14H2,1-6H3,(H,20,24)(H,21,22). The van der Waals surface area contributed by atoms with Crippen molar-refractivity contribution in [1.29, 1.82) is 0 Å². The van der Waals surface area contributed by atoms with Gasteiger partial charge < -0.3 is 15.5 Å². The fourth-order valence-corrected chi connectivity index (χ4v) is 2.33. The molecule has 5 nitrogen and oxygen atoms in total. The molecule has 1 amide bonds. The van der Waals surface area contributed by atoms with E-state index >= 15 is 0 Å². The van der Waals surface area contributed by atoms with Crippen molar-refractivity contribution < 1.29 is 4.79 Å². The Morgan fingerprint density at radius 3 is 2.38 bits per heavy atom. The Morgan fingerprint density at radius 1 is 1.17 bits per heavy atom. The fourth-order valence-electron chi connectivity index (χ4n) is 2.33. The summed E-state index contributed by atoms with van der Waals surface area (Å²) in [6.07, 6.45) is 0. The van der Waals surface area contributed by atoms with Crippen LogP contribution in [0.3, 0.4) is 0 Å². The molecule has 2 N–H and O–H groups in total. The van der Waals surface area contributed by atoms with Crippen LogP contribution in [0, 0.1) is 12.3 Å². The van der Waals surface area contributed by atoms with Gasteiger partial charge >= 0.3 is 0 Å². The Bertz CT molecular complexity index is 566. The van der Waals surface area contributed by atoms with Crippen LogP contribution in [0.25, 0.3) is 0 Å². The molecule has 1 aromatic carbocycles. The van der Waals surface area contributed by atoms with Crippen LogP contribution in [0.15, 0.2) is 29.3 Å². The van der Waals surface area contributed by atoms with Crippen LogP contribution >= 0.6 is 0 Å². The van der Waals surface area contributed by atoms with Crippen LogP contribution < -0.4 is 10.6 Å². The summed E-state index contributed by atoms with van der Waals surface area (Å²) in [7, 11) is 2.02. The smallest absolute Gasteiger partial charge is 0.227 e. The molecule has 5 heteroatoms. The molecule has 0 aromatic heterocycles. The molecule has 24 heavy (non-hydrogen) atoms. The molecular weight excluding hydrogens is 300 g/mol. The van der Waals surface area contributed by atoms with Crippen LogP contribution in [0.5, 0.6) is 0 Å². The number of nitrogens with zero attached hydrogens (tertiary/aromatic N) is 2. The molecule has 0 saturated carbocycles. The number of benzene rings is 1. The normalized spacial score (nSPS) is 12.0. The van der Waals surface area contributed by atoms with Gasteiger partial charge in [0.2, 0.25) is 5.91 Å². The van der Waals surface area contributed by atoms with Gasteiger partial charge in [-0.3, -0.25) is 9.79 Å². The maximum Gasteiger partial charge on any atom is 0.227 e. The van der Waals surface area contributed by atoms with E-state index in [2.05, 4.69) is 45.6 Å². The quantitative estimate of drug-likeness (QED) is 0.596. The number of carbonyl (C=O) groups excluding carboxylic acids is 1. The maximum absolute atomic E-state index is 12.1. The van der Waals surface area contributed by atoms with Crippen molar-refractivity contribution in [3.8, 4) is 0 Å². The average molecular weight is 332 g/mol. The monoisotopic (exact) mass is 332 g/mol. The molecule has 0 saturated heterocycles. The largest absolute Gasteiger partial charge is 0.357 e. The van der Waals surface area contributed by atoms with Crippen molar-refractivity contribution in [3.05, 3.63) is 35.4 Å². The van der Waals surface area contributed by atoms with Crippen LogP contribution in [0.2, 0.25) is 0 Å². The lowest BCUT2D eigenvalue weighted by atomic mass is 9.92. The summed E-state index contributed by atoms with van der Waals surface area (Å²) in [4.78, 5) is 18.9. The Balaban J connectivity index is 2.84. The highest BCUT2D eigenvalue weighted by Gasteiger charge is 2.27. The topological polar surface area (TPSA) is 56.7 Å². The Morgan fingerprint density at radius 2 is 1.79 bits per heavy atom. The molecule has 0 heterocycles. The average Bonchev–Trinajstić information content (AvgIpc) is 2.53. The fraction of sp³-hybridized carbons (Fsp3) is 0.579. The number of nitrogens with one attached hydrogen (secondary N) is 2. The zero-order valence-electron chi connectivity index (χ0n) is 15.9. The van der Waals surface area contributed by atoms with Gasteiger partial charge in [-0.15, -0.1) is 0 Å². The third-order valence-electron chi connectivity index (χ3n) is 3.94. The van der Waals surface area contributed by atoms with E-state index in [1.807, 2.05) is 40.8 Å². The van der Waals surface area contributed by atoms with Gasteiger partial charge in [0.15, 0.2) is 5.96 Å². The lowest BCUT2D eigenvalue weighted by Gasteiger charge is -2.26. The van der Waals surface area contributed by atoms with Crippen LogP contribution in [-0.2, 0) is 11.3 Å². The minimum atomic E-state index is -0.528.